The van der Waals surface area contributed by atoms with Crippen LogP contribution in [0.15, 0.2) is 18.2 Å². The molecule has 0 bridgehead atoms. The number of hydrogen-bond acceptors (Lipinski definition) is 4. The van der Waals surface area contributed by atoms with Crippen molar-refractivity contribution in [3.8, 4) is 5.75 Å². The van der Waals surface area contributed by atoms with Crippen molar-refractivity contribution in [1.29, 1.82) is 0 Å². The van der Waals surface area contributed by atoms with Gasteiger partial charge in [0.05, 0.1) is 30.2 Å². The summed E-state index contributed by atoms with van der Waals surface area (Å²) in [6.07, 6.45) is 0.351. The third-order valence-electron chi connectivity index (χ3n) is 3.32. The molecule has 2 atom stereocenters. The number of nitrogen functional groups attached to an aromatic ring is 1. The van der Waals surface area contributed by atoms with E-state index in [1.165, 1.54) is 0 Å². The van der Waals surface area contributed by atoms with Crippen LogP contribution in [-0.2, 0) is 4.74 Å². The highest BCUT2D eigenvalue weighted by Crippen LogP contribution is 2.35. The van der Waals surface area contributed by atoms with Gasteiger partial charge in [-0.25, -0.2) is 0 Å². The zero-order valence-corrected chi connectivity index (χ0v) is 12.2. The van der Waals surface area contributed by atoms with E-state index in [0.717, 1.165) is 30.3 Å². The predicted molar refractivity (Wildman–Crippen MR) is 78.8 cm³/mol. The molecule has 106 valence electrons. The van der Waals surface area contributed by atoms with Crippen molar-refractivity contribution in [2.45, 2.75) is 45.9 Å². The Hall–Kier alpha value is -1.42. The van der Waals surface area contributed by atoms with Crippen LogP contribution in [0.5, 0.6) is 5.75 Å². The van der Waals surface area contributed by atoms with E-state index in [0.29, 0.717) is 6.04 Å². The molecule has 1 aliphatic heterocycles. The lowest BCUT2D eigenvalue weighted by Gasteiger charge is -2.39. The summed E-state index contributed by atoms with van der Waals surface area (Å²) in [5.74, 6) is 0.763. The number of hydrogen-bond donors (Lipinski definition) is 1. The molecule has 0 aromatic heterocycles. The summed E-state index contributed by atoms with van der Waals surface area (Å²) in [6.45, 7) is 9.84. The lowest BCUT2D eigenvalue weighted by molar-refractivity contribution is 0.0344. The summed E-state index contributed by atoms with van der Waals surface area (Å²) in [5, 5.41) is 0. The van der Waals surface area contributed by atoms with E-state index in [-0.39, 0.29) is 12.2 Å². The van der Waals surface area contributed by atoms with Crippen molar-refractivity contribution in [3.05, 3.63) is 18.2 Å². The van der Waals surface area contributed by atoms with Crippen molar-refractivity contribution >= 4 is 11.4 Å². The molecule has 2 rings (SSSR count). The second-order valence-electron chi connectivity index (χ2n) is 5.50. The quantitative estimate of drug-likeness (QED) is 0.853. The van der Waals surface area contributed by atoms with Crippen molar-refractivity contribution in [3.63, 3.8) is 0 Å². The summed E-state index contributed by atoms with van der Waals surface area (Å²) in [5.41, 5.74) is 8.02. The molecule has 1 heterocycles. The van der Waals surface area contributed by atoms with Gasteiger partial charge in [-0.15, -0.1) is 0 Å². The highest BCUT2D eigenvalue weighted by molar-refractivity contribution is 5.74. The fraction of sp³-hybridized carbons (Fsp3) is 0.600. The molecule has 1 saturated heterocycles. The Morgan fingerprint density at radius 3 is 2.79 bits per heavy atom. The summed E-state index contributed by atoms with van der Waals surface area (Å²) in [4.78, 5) is 2.30. The molecule has 1 aliphatic rings. The van der Waals surface area contributed by atoms with Gasteiger partial charge in [0.15, 0.2) is 0 Å². The normalized spacial score (nSPS) is 23.7. The number of rotatable bonds is 3. The van der Waals surface area contributed by atoms with Crippen molar-refractivity contribution in [2.75, 3.05) is 23.8 Å². The fourth-order valence-corrected chi connectivity index (χ4v) is 2.38. The Kier molecular flexibility index (Phi) is 4.20. The second-order valence-corrected chi connectivity index (χ2v) is 5.50. The van der Waals surface area contributed by atoms with E-state index in [9.17, 15) is 0 Å². The van der Waals surface area contributed by atoms with Crippen LogP contribution in [0, 0.1) is 0 Å². The van der Waals surface area contributed by atoms with Gasteiger partial charge in [0.1, 0.15) is 5.75 Å². The zero-order valence-electron chi connectivity index (χ0n) is 12.2. The first-order valence-electron chi connectivity index (χ1n) is 6.92. The van der Waals surface area contributed by atoms with Crippen LogP contribution >= 0.6 is 0 Å². The van der Waals surface area contributed by atoms with Crippen LogP contribution in [0.2, 0.25) is 0 Å². The Bertz CT molecular complexity index is 434. The van der Waals surface area contributed by atoms with Crippen LogP contribution < -0.4 is 15.4 Å². The first-order chi connectivity index (χ1) is 8.99. The number of morpholine rings is 1. The molecule has 2 unspecified atom stereocenters. The highest BCUT2D eigenvalue weighted by Gasteiger charge is 2.25. The van der Waals surface area contributed by atoms with Gasteiger partial charge in [-0.05, 0) is 39.8 Å². The molecule has 1 aromatic carbocycles. The SMILES string of the molecule is CC(C)Oc1cccc(N2CC(C)OCC2C)c1N. The molecule has 2 N–H and O–H groups in total. The Morgan fingerprint density at radius 1 is 1.37 bits per heavy atom. The number of para-hydroxylation sites is 1. The number of anilines is 2. The third-order valence-corrected chi connectivity index (χ3v) is 3.32. The van der Waals surface area contributed by atoms with E-state index in [1.54, 1.807) is 0 Å². The van der Waals surface area contributed by atoms with Gasteiger partial charge in [-0.1, -0.05) is 6.07 Å². The average molecular weight is 264 g/mol. The van der Waals surface area contributed by atoms with E-state index in [2.05, 4.69) is 24.8 Å². The maximum Gasteiger partial charge on any atom is 0.144 e. The standard InChI is InChI=1S/C15H24N2O2/c1-10(2)19-14-7-5-6-13(15(14)16)17-8-12(4)18-9-11(17)3/h5-7,10-12H,8-9,16H2,1-4H3. The molecule has 4 heteroatoms. The molecule has 0 aliphatic carbocycles. The molecule has 0 spiro atoms. The molecule has 19 heavy (non-hydrogen) atoms. The van der Waals surface area contributed by atoms with E-state index in [1.807, 2.05) is 26.0 Å². The molecule has 1 fully saturated rings. The largest absolute Gasteiger partial charge is 0.489 e. The van der Waals surface area contributed by atoms with Crippen LogP contribution in [0.1, 0.15) is 27.7 Å². The number of nitrogens with two attached hydrogens (primary N) is 1. The minimum absolute atomic E-state index is 0.124. The Labute approximate surface area is 115 Å². The molecule has 4 nitrogen and oxygen atoms in total. The first kappa shape index (κ1) is 14.0. The summed E-state index contributed by atoms with van der Waals surface area (Å²) in [6, 6.07) is 6.30. The van der Waals surface area contributed by atoms with Crippen LogP contribution in [-0.4, -0.2) is 31.4 Å². The van der Waals surface area contributed by atoms with Gasteiger partial charge in [0.25, 0.3) is 0 Å². The van der Waals surface area contributed by atoms with Crippen molar-refractivity contribution in [1.82, 2.24) is 0 Å². The molecular formula is C15H24N2O2. The topological polar surface area (TPSA) is 47.7 Å². The number of ether oxygens (including phenoxy) is 2. The Balaban J connectivity index is 2.28. The first-order valence-corrected chi connectivity index (χ1v) is 6.92. The van der Waals surface area contributed by atoms with Gasteiger partial charge in [-0.3, -0.25) is 0 Å². The maximum absolute atomic E-state index is 6.26. The summed E-state index contributed by atoms with van der Waals surface area (Å²) < 4.78 is 11.4. The average Bonchev–Trinajstić information content (AvgIpc) is 2.35. The van der Waals surface area contributed by atoms with Crippen LogP contribution in [0.4, 0.5) is 11.4 Å². The zero-order chi connectivity index (χ0) is 14.0. The summed E-state index contributed by atoms with van der Waals surface area (Å²) in [7, 11) is 0. The number of benzene rings is 1. The minimum atomic E-state index is 0.124. The molecule has 1 aromatic rings. The molecule has 0 saturated carbocycles. The smallest absolute Gasteiger partial charge is 0.144 e. The Morgan fingerprint density at radius 2 is 2.11 bits per heavy atom. The monoisotopic (exact) mass is 264 g/mol. The minimum Gasteiger partial charge on any atom is -0.489 e. The van der Waals surface area contributed by atoms with Gasteiger partial charge in [0, 0.05) is 12.6 Å². The second kappa shape index (κ2) is 5.70. The predicted octanol–water partition coefficient (Wildman–Crippen LogP) is 2.67. The summed E-state index contributed by atoms with van der Waals surface area (Å²) >= 11 is 0. The van der Waals surface area contributed by atoms with Crippen LogP contribution in [0.25, 0.3) is 0 Å². The molecular weight excluding hydrogens is 240 g/mol. The highest BCUT2D eigenvalue weighted by atomic mass is 16.5. The lowest BCUT2D eigenvalue weighted by Crippen LogP contribution is -2.47. The van der Waals surface area contributed by atoms with Gasteiger partial charge < -0.3 is 20.1 Å². The van der Waals surface area contributed by atoms with Gasteiger partial charge >= 0.3 is 0 Å². The molecule has 0 amide bonds. The molecule has 0 radical (unpaired) electrons. The van der Waals surface area contributed by atoms with Gasteiger partial charge in [-0.2, -0.15) is 0 Å². The van der Waals surface area contributed by atoms with Crippen molar-refractivity contribution < 1.29 is 9.47 Å². The van der Waals surface area contributed by atoms with E-state index < -0.39 is 0 Å². The third kappa shape index (κ3) is 3.13. The maximum atomic E-state index is 6.26. The lowest BCUT2D eigenvalue weighted by atomic mass is 10.1. The fourth-order valence-electron chi connectivity index (χ4n) is 2.38. The van der Waals surface area contributed by atoms with E-state index >= 15 is 0 Å². The van der Waals surface area contributed by atoms with Crippen LogP contribution in [0.3, 0.4) is 0 Å². The van der Waals surface area contributed by atoms with Crippen molar-refractivity contribution in [2.24, 2.45) is 0 Å². The van der Waals surface area contributed by atoms with Gasteiger partial charge in [0.2, 0.25) is 0 Å². The number of nitrogens with zero attached hydrogens (tertiary/aromatic N) is 1. The van der Waals surface area contributed by atoms with E-state index in [4.69, 9.17) is 15.2 Å².